The van der Waals surface area contributed by atoms with E-state index >= 15 is 0 Å². The Morgan fingerprint density at radius 1 is 1.04 bits per heavy atom. The number of benzene rings is 1. The van der Waals surface area contributed by atoms with Crippen LogP contribution in [0.1, 0.15) is 24.8 Å². The number of rotatable bonds is 2. The number of aromatic nitrogens is 1. The molecular formula is C20H21BrN2S. The van der Waals surface area contributed by atoms with Crippen LogP contribution < -0.4 is 0 Å². The second kappa shape index (κ2) is 6.25. The molecule has 0 radical (unpaired) electrons. The molecule has 2 fully saturated rings. The third kappa shape index (κ3) is 2.52. The molecule has 2 aliphatic rings. The zero-order chi connectivity index (χ0) is 15.3. The van der Waals surface area contributed by atoms with Crippen LogP contribution in [-0.2, 0) is 5.41 Å². The fourth-order valence-corrected chi connectivity index (χ4v) is 5.41. The molecule has 0 spiro atoms. The standard InChI is InChI=1S/C20H20N2S.BrH/c1-2-5-17-15(4-1)13-23-19(17)18-7-6-16(12-21-18)20-8-3-10-22(14-20)11-9-20;/h1-2,4-7,12-13H,3,8-11,14H2;1H. The summed E-state index contributed by atoms with van der Waals surface area (Å²) in [5, 5.41) is 4.87. The molecule has 4 heteroatoms. The topological polar surface area (TPSA) is 16.1 Å². The minimum Gasteiger partial charge on any atom is -0.302 e. The van der Waals surface area contributed by atoms with Crippen molar-refractivity contribution in [1.29, 1.82) is 0 Å². The summed E-state index contributed by atoms with van der Waals surface area (Å²) < 4.78 is 0. The first kappa shape index (κ1) is 16.2. The van der Waals surface area contributed by atoms with Gasteiger partial charge in [-0.15, -0.1) is 28.3 Å². The summed E-state index contributed by atoms with van der Waals surface area (Å²) in [6, 6.07) is 13.2. The Labute approximate surface area is 157 Å². The van der Waals surface area contributed by atoms with E-state index in [0.29, 0.717) is 5.41 Å². The van der Waals surface area contributed by atoms with Crippen LogP contribution in [-0.4, -0.2) is 29.5 Å². The molecular weight excluding hydrogens is 380 g/mol. The average Bonchev–Trinajstić information content (AvgIpc) is 3.17. The monoisotopic (exact) mass is 400 g/mol. The van der Waals surface area contributed by atoms with E-state index in [9.17, 15) is 0 Å². The van der Waals surface area contributed by atoms with E-state index in [4.69, 9.17) is 4.98 Å². The molecule has 0 aliphatic carbocycles. The van der Waals surface area contributed by atoms with E-state index in [0.717, 1.165) is 5.69 Å². The van der Waals surface area contributed by atoms with Gasteiger partial charge in [0.05, 0.1) is 10.6 Å². The van der Waals surface area contributed by atoms with E-state index in [1.165, 1.54) is 60.1 Å². The first-order chi connectivity index (χ1) is 11.3. The predicted molar refractivity (Wildman–Crippen MR) is 107 cm³/mol. The van der Waals surface area contributed by atoms with Crippen molar-refractivity contribution in [3.05, 3.63) is 53.5 Å². The van der Waals surface area contributed by atoms with Crippen LogP contribution in [0, 0.1) is 0 Å². The molecule has 124 valence electrons. The molecule has 1 aromatic carbocycles. The van der Waals surface area contributed by atoms with Crippen LogP contribution >= 0.6 is 28.3 Å². The number of pyridine rings is 1. The first-order valence-electron chi connectivity index (χ1n) is 8.50. The molecule has 5 rings (SSSR count). The van der Waals surface area contributed by atoms with Crippen molar-refractivity contribution in [2.24, 2.45) is 0 Å². The van der Waals surface area contributed by atoms with Gasteiger partial charge < -0.3 is 4.90 Å². The van der Waals surface area contributed by atoms with Crippen LogP contribution in [0.2, 0.25) is 0 Å². The summed E-state index contributed by atoms with van der Waals surface area (Å²) in [5.41, 5.74) is 2.94. The highest BCUT2D eigenvalue weighted by Gasteiger charge is 2.42. The Morgan fingerprint density at radius 2 is 1.96 bits per heavy atom. The van der Waals surface area contributed by atoms with Gasteiger partial charge in [0.1, 0.15) is 0 Å². The third-order valence-electron chi connectivity index (χ3n) is 5.68. The molecule has 0 amide bonds. The quantitative estimate of drug-likeness (QED) is 0.581. The van der Waals surface area contributed by atoms with E-state index in [-0.39, 0.29) is 17.0 Å². The lowest BCUT2D eigenvalue weighted by molar-refractivity contribution is 0.243. The zero-order valence-corrected chi connectivity index (χ0v) is 16.1. The lowest BCUT2D eigenvalue weighted by atomic mass is 9.75. The smallest absolute Gasteiger partial charge is 0.0808 e. The van der Waals surface area contributed by atoms with Crippen LogP contribution in [0.15, 0.2) is 48.0 Å². The molecule has 2 bridgehead atoms. The largest absolute Gasteiger partial charge is 0.302 e. The molecule has 0 saturated carbocycles. The van der Waals surface area contributed by atoms with Gasteiger partial charge in [0.2, 0.25) is 0 Å². The maximum Gasteiger partial charge on any atom is 0.0808 e. The van der Waals surface area contributed by atoms with E-state index < -0.39 is 0 Å². The van der Waals surface area contributed by atoms with Gasteiger partial charge in [-0.2, -0.15) is 0 Å². The fourth-order valence-electron chi connectivity index (χ4n) is 4.41. The number of piperidine rings is 1. The Hall–Kier alpha value is -1.23. The molecule has 2 aliphatic heterocycles. The number of halogens is 1. The van der Waals surface area contributed by atoms with Crippen molar-refractivity contribution >= 4 is 39.1 Å². The van der Waals surface area contributed by atoms with Gasteiger partial charge in [0.25, 0.3) is 0 Å². The van der Waals surface area contributed by atoms with Crippen molar-refractivity contribution in [2.75, 3.05) is 19.6 Å². The Kier molecular flexibility index (Phi) is 4.23. The molecule has 2 nitrogen and oxygen atoms in total. The summed E-state index contributed by atoms with van der Waals surface area (Å²) in [6.45, 7) is 3.78. The molecule has 2 atom stereocenters. The highest BCUT2D eigenvalue weighted by Crippen LogP contribution is 2.42. The summed E-state index contributed by atoms with van der Waals surface area (Å²) in [5.74, 6) is 0. The maximum absolute atomic E-state index is 4.85. The predicted octanol–water partition coefficient (Wildman–Crippen LogP) is 5.28. The second-order valence-corrected chi connectivity index (χ2v) is 7.87. The van der Waals surface area contributed by atoms with Crippen molar-refractivity contribution in [1.82, 2.24) is 9.88 Å². The summed E-state index contributed by atoms with van der Waals surface area (Å²) in [7, 11) is 0. The van der Waals surface area contributed by atoms with Gasteiger partial charge in [-0.25, -0.2) is 0 Å². The lowest BCUT2D eigenvalue weighted by Crippen LogP contribution is -2.36. The normalized spacial score (nSPS) is 25.6. The molecule has 2 saturated heterocycles. The highest BCUT2D eigenvalue weighted by atomic mass is 79.9. The number of thiophene rings is 1. The van der Waals surface area contributed by atoms with Crippen LogP contribution in [0.3, 0.4) is 0 Å². The second-order valence-electron chi connectivity index (χ2n) is 6.99. The summed E-state index contributed by atoms with van der Waals surface area (Å²) in [6.07, 6.45) is 6.11. The van der Waals surface area contributed by atoms with Crippen molar-refractivity contribution in [3.8, 4) is 10.6 Å². The lowest BCUT2D eigenvalue weighted by Gasteiger charge is -2.34. The fraction of sp³-hybridized carbons (Fsp3) is 0.350. The van der Waals surface area contributed by atoms with Crippen LogP contribution in [0.5, 0.6) is 0 Å². The number of fused-ring (bicyclic) bond motifs is 3. The molecule has 3 aromatic rings. The average molecular weight is 401 g/mol. The molecule has 24 heavy (non-hydrogen) atoms. The third-order valence-corrected chi connectivity index (χ3v) is 6.72. The Balaban J connectivity index is 0.00000146. The van der Waals surface area contributed by atoms with Gasteiger partial charge >= 0.3 is 0 Å². The number of nitrogens with zero attached hydrogens (tertiary/aromatic N) is 2. The Morgan fingerprint density at radius 3 is 2.83 bits per heavy atom. The minimum atomic E-state index is 0. The van der Waals surface area contributed by atoms with E-state index in [1.54, 1.807) is 11.3 Å². The molecule has 2 unspecified atom stereocenters. The summed E-state index contributed by atoms with van der Waals surface area (Å²) >= 11 is 1.80. The van der Waals surface area contributed by atoms with Gasteiger partial charge in [-0.3, -0.25) is 4.98 Å². The van der Waals surface area contributed by atoms with E-state index in [1.807, 2.05) is 0 Å². The van der Waals surface area contributed by atoms with Gasteiger partial charge in [-0.1, -0.05) is 30.3 Å². The van der Waals surface area contributed by atoms with Crippen LogP contribution in [0.4, 0.5) is 0 Å². The zero-order valence-electron chi connectivity index (χ0n) is 13.6. The van der Waals surface area contributed by atoms with Crippen molar-refractivity contribution in [3.63, 3.8) is 0 Å². The number of hydrogen-bond acceptors (Lipinski definition) is 3. The molecule has 0 N–H and O–H groups in total. The van der Waals surface area contributed by atoms with Gasteiger partial charge in [0, 0.05) is 23.5 Å². The SMILES string of the molecule is Br.c1ccc2c(-c3ccc(C45CCCN(CC4)C5)cn3)scc2c1. The van der Waals surface area contributed by atoms with Crippen molar-refractivity contribution < 1.29 is 0 Å². The van der Waals surface area contributed by atoms with Gasteiger partial charge in [-0.05, 0) is 54.7 Å². The van der Waals surface area contributed by atoms with E-state index in [2.05, 4.69) is 52.9 Å². The Bertz CT molecular complexity index is 853. The molecule has 4 heterocycles. The highest BCUT2D eigenvalue weighted by molar-refractivity contribution is 8.93. The molecule has 2 aromatic heterocycles. The van der Waals surface area contributed by atoms with Crippen LogP contribution in [0.25, 0.3) is 21.3 Å². The first-order valence-corrected chi connectivity index (χ1v) is 9.38. The number of hydrogen-bond donors (Lipinski definition) is 0. The summed E-state index contributed by atoms with van der Waals surface area (Å²) in [4.78, 5) is 8.76. The van der Waals surface area contributed by atoms with Gasteiger partial charge in [0.15, 0.2) is 0 Å². The van der Waals surface area contributed by atoms with Crippen molar-refractivity contribution in [2.45, 2.75) is 24.7 Å². The maximum atomic E-state index is 4.85. The minimum absolute atomic E-state index is 0.